The van der Waals surface area contributed by atoms with Crippen molar-refractivity contribution in [2.24, 2.45) is 0 Å². The predicted molar refractivity (Wildman–Crippen MR) is 90.1 cm³/mol. The van der Waals surface area contributed by atoms with Gasteiger partial charge in [-0.2, -0.15) is 0 Å². The number of hydrogen-bond donors (Lipinski definition) is 1. The van der Waals surface area contributed by atoms with Gasteiger partial charge in [-0.15, -0.1) is 0 Å². The average molecular weight is 350 g/mol. The first-order valence-electron chi connectivity index (χ1n) is 7.40. The van der Waals surface area contributed by atoms with Gasteiger partial charge in [-0.1, -0.05) is 59.3 Å². The van der Waals surface area contributed by atoms with Crippen LogP contribution in [0.4, 0.5) is 4.39 Å². The van der Waals surface area contributed by atoms with Crippen molar-refractivity contribution in [3.05, 3.63) is 69.9 Å². The van der Waals surface area contributed by atoms with Crippen molar-refractivity contribution in [2.75, 3.05) is 13.1 Å². The van der Waals surface area contributed by atoms with Crippen molar-refractivity contribution in [3.63, 3.8) is 0 Å². The fourth-order valence-corrected chi connectivity index (χ4v) is 3.03. The Morgan fingerprint density at radius 3 is 2.57 bits per heavy atom. The zero-order valence-electron chi connectivity index (χ0n) is 12.3. The van der Waals surface area contributed by atoms with Crippen LogP contribution < -0.4 is 5.32 Å². The van der Waals surface area contributed by atoms with E-state index in [1.54, 1.807) is 0 Å². The molecule has 0 aliphatic carbocycles. The minimum absolute atomic E-state index is 0.196. The highest BCUT2D eigenvalue weighted by molar-refractivity contribution is 9.10. The van der Waals surface area contributed by atoms with E-state index < -0.39 is 0 Å². The van der Waals surface area contributed by atoms with Crippen LogP contribution in [0.15, 0.2) is 53.0 Å². The summed E-state index contributed by atoms with van der Waals surface area (Å²) in [5, 5.41) is 3.44. The first-order chi connectivity index (χ1) is 10.2. The largest absolute Gasteiger partial charge is 0.316 e. The minimum Gasteiger partial charge on any atom is -0.316 e. The lowest BCUT2D eigenvalue weighted by atomic mass is 9.92. The van der Waals surface area contributed by atoms with Gasteiger partial charge in [0.2, 0.25) is 0 Å². The van der Waals surface area contributed by atoms with Crippen molar-refractivity contribution in [1.82, 2.24) is 5.32 Å². The average Bonchev–Trinajstić information content (AvgIpc) is 2.50. The summed E-state index contributed by atoms with van der Waals surface area (Å²) >= 11 is 3.45. The van der Waals surface area contributed by atoms with Gasteiger partial charge in [-0.05, 0) is 48.6 Å². The van der Waals surface area contributed by atoms with Crippen LogP contribution in [0.1, 0.15) is 30.4 Å². The molecule has 21 heavy (non-hydrogen) atoms. The Hall–Kier alpha value is -1.19. The second kappa shape index (κ2) is 8.30. The maximum Gasteiger partial charge on any atom is 0.124 e. The second-order valence-corrected chi connectivity index (χ2v) is 6.04. The zero-order valence-corrected chi connectivity index (χ0v) is 13.9. The number of likely N-dealkylation sites (N-methyl/N-ethyl adjacent to an activating group) is 1. The number of hydrogen-bond acceptors (Lipinski definition) is 1. The first kappa shape index (κ1) is 16.2. The maximum atomic E-state index is 13.1. The van der Waals surface area contributed by atoms with Gasteiger partial charge in [0.25, 0.3) is 0 Å². The van der Waals surface area contributed by atoms with Crippen molar-refractivity contribution in [1.29, 1.82) is 0 Å². The highest BCUT2D eigenvalue weighted by atomic mass is 79.9. The van der Waals surface area contributed by atoms with E-state index in [4.69, 9.17) is 0 Å². The van der Waals surface area contributed by atoms with Crippen LogP contribution >= 0.6 is 15.9 Å². The van der Waals surface area contributed by atoms with Crippen LogP contribution in [-0.4, -0.2) is 13.1 Å². The maximum absolute atomic E-state index is 13.1. The lowest BCUT2D eigenvalue weighted by Crippen LogP contribution is -2.21. The highest BCUT2D eigenvalue weighted by Gasteiger charge is 2.12. The van der Waals surface area contributed by atoms with Crippen LogP contribution in [0.2, 0.25) is 0 Å². The lowest BCUT2D eigenvalue weighted by Gasteiger charge is -2.18. The Balaban J connectivity index is 2.05. The fraction of sp³-hybridized carbons (Fsp3) is 0.333. The summed E-state index contributed by atoms with van der Waals surface area (Å²) < 4.78 is 14.0. The summed E-state index contributed by atoms with van der Waals surface area (Å²) in [6.07, 6.45) is 1.98. The Morgan fingerprint density at radius 2 is 1.90 bits per heavy atom. The molecule has 0 aliphatic rings. The molecule has 1 atom stereocenters. The van der Waals surface area contributed by atoms with E-state index in [9.17, 15) is 4.39 Å². The highest BCUT2D eigenvalue weighted by Crippen LogP contribution is 2.25. The third-order valence-corrected chi connectivity index (χ3v) is 4.43. The lowest BCUT2D eigenvalue weighted by molar-refractivity contribution is 0.560. The molecule has 0 saturated heterocycles. The predicted octanol–water partition coefficient (Wildman–Crippen LogP) is 4.91. The van der Waals surface area contributed by atoms with E-state index in [1.165, 1.54) is 17.7 Å². The summed E-state index contributed by atoms with van der Waals surface area (Å²) in [5.74, 6) is 0.279. The summed E-state index contributed by atoms with van der Waals surface area (Å²) in [6, 6.07) is 15.5. The number of halogens is 2. The molecule has 1 N–H and O–H groups in total. The third kappa shape index (κ3) is 4.94. The second-order valence-electron chi connectivity index (χ2n) is 5.19. The molecule has 0 saturated carbocycles. The molecule has 0 fully saturated rings. The van der Waals surface area contributed by atoms with Crippen molar-refractivity contribution >= 4 is 15.9 Å². The molecule has 2 aromatic rings. The quantitative estimate of drug-likeness (QED) is 0.748. The number of rotatable bonds is 7. The summed E-state index contributed by atoms with van der Waals surface area (Å²) in [5.41, 5.74) is 2.52. The molecule has 2 rings (SSSR count). The fourth-order valence-electron chi connectivity index (χ4n) is 2.48. The van der Waals surface area contributed by atoms with Gasteiger partial charge >= 0.3 is 0 Å². The molecule has 1 unspecified atom stereocenters. The van der Waals surface area contributed by atoms with Crippen LogP contribution in [0, 0.1) is 5.82 Å². The van der Waals surface area contributed by atoms with Crippen molar-refractivity contribution in [3.8, 4) is 0 Å². The van der Waals surface area contributed by atoms with Gasteiger partial charge in [-0.25, -0.2) is 4.39 Å². The Labute approximate surface area is 134 Å². The number of nitrogens with one attached hydrogen (secondary N) is 1. The molecule has 0 bridgehead atoms. The molecular formula is C18H21BrFN. The van der Waals surface area contributed by atoms with Gasteiger partial charge in [0.1, 0.15) is 5.82 Å². The van der Waals surface area contributed by atoms with Crippen LogP contribution in [0.25, 0.3) is 0 Å². The molecule has 0 aromatic heterocycles. The first-order valence-corrected chi connectivity index (χ1v) is 8.19. The molecule has 1 nitrogen and oxygen atoms in total. The SMILES string of the molecule is CCNCC(CCc1ccc(F)cc1Br)c1ccccc1. The molecule has 2 aromatic carbocycles. The minimum atomic E-state index is -0.196. The van der Waals surface area contributed by atoms with Gasteiger partial charge in [0, 0.05) is 11.0 Å². The van der Waals surface area contributed by atoms with E-state index >= 15 is 0 Å². The Morgan fingerprint density at radius 1 is 1.14 bits per heavy atom. The monoisotopic (exact) mass is 349 g/mol. The van der Waals surface area contributed by atoms with E-state index in [-0.39, 0.29) is 5.82 Å². The van der Waals surface area contributed by atoms with E-state index in [2.05, 4.69) is 52.4 Å². The van der Waals surface area contributed by atoms with Crippen molar-refractivity contribution in [2.45, 2.75) is 25.7 Å². The summed E-state index contributed by atoms with van der Waals surface area (Å²) in [4.78, 5) is 0. The topological polar surface area (TPSA) is 12.0 Å². The Kier molecular flexibility index (Phi) is 6.40. The van der Waals surface area contributed by atoms with Gasteiger partial charge in [-0.3, -0.25) is 0 Å². The molecule has 0 radical (unpaired) electrons. The van der Waals surface area contributed by atoms with Crippen molar-refractivity contribution < 1.29 is 4.39 Å². The molecule has 0 amide bonds. The molecule has 0 aliphatic heterocycles. The van der Waals surface area contributed by atoms with E-state index in [0.29, 0.717) is 5.92 Å². The molecular weight excluding hydrogens is 329 g/mol. The van der Waals surface area contributed by atoms with Crippen LogP contribution in [0.5, 0.6) is 0 Å². The van der Waals surface area contributed by atoms with E-state index in [1.807, 2.05) is 12.1 Å². The van der Waals surface area contributed by atoms with Gasteiger partial charge in [0.05, 0.1) is 0 Å². The summed E-state index contributed by atoms with van der Waals surface area (Å²) in [6.45, 7) is 4.07. The summed E-state index contributed by atoms with van der Waals surface area (Å²) in [7, 11) is 0. The van der Waals surface area contributed by atoms with Crippen LogP contribution in [-0.2, 0) is 6.42 Å². The molecule has 0 heterocycles. The standard InChI is InChI=1S/C18H21BrFN/c1-2-21-13-16(14-6-4-3-5-7-14)9-8-15-10-11-17(20)12-18(15)19/h3-7,10-12,16,21H,2,8-9,13H2,1H3. The molecule has 3 heteroatoms. The normalized spacial score (nSPS) is 12.3. The van der Waals surface area contributed by atoms with Gasteiger partial charge in [0.15, 0.2) is 0 Å². The van der Waals surface area contributed by atoms with E-state index in [0.717, 1.165) is 36.0 Å². The third-order valence-electron chi connectivity index (χ3n) is 3.69. The number of aryl methyl sites for hydroxylation is 1. The smallest absolute Gasteiger partial charge is 0.124 e. The molecule has 112 valence electrons. The number of benzene rings is 2. The van der Waals surface area contributed by atoms with Gasteiger partial charge < -0.3 is 5.32 Å². The molecule has 0 spiro atoms. The Bertz CT molecular complexity index is 556. The van der Waals surface area contributed by atoms with Crippen LogP contribution in [0.3, 0.4) is 0 Å². The zero-order chi connectivity index (χ0) is 15.1.